The van der Waals surface area contributed by atoms with Gasteiger partial charge in [0.25, 0.3) is 0 Å². The lowest BCUT2D eigenvalue weighted by Gasteiger charge is -2.24. The van der Waals surface area contributed by atoms with E-state index in [0.717, 1.165) is 19.5 Å². The number of hydrogen-bond donors (Lipinski definition) is 0. The Morgan fingerprint density at radius 1 is 1.18 bits per heavy atom. The highest BCUT2D eigenvalue weighted by Crippen LogP contribution is 2.36. The van der Waals surface area contributed by atoms with Gasteiger partial charge in [0.05, 0.1) is 10.2 Å². The summed E-state index contributed by atoms with van der Waals surface area (Å²) in [5.74, 6) is 0. The second-order valence-corrected chi connectivity index (χ2v) is 7.63. The Labute approximate surface area is 136 Å². The van der Waals surface area contributed by atoms with E-state index in [9.17, 15) is 0 Å². The number of fused-ring (bicyclic) bond motifs is 3. The molecule has 114 valence electrons. The highest BCUT2D eigenvalue weighted by Gasteiger charge is 2.23. The van der Waals surface area contributed by atoms with Gasteiger partial charge in [-0.2, -0.15) is 0 Å². The van der Waals surface area contributed by atoms with Crippen LogP contribution in [0.15, 0.2) is 36.4 Å². The highest BCUT2D eigenvalue weighted by atomic mass is 32.1. The van der Waals surface area contributed by atoms with Crippen molar-refractivity contribution in [3.63, 3.8) is 0 Å². The van der Waals surface area contributed by atoms with Crippen molar-refractivity contribution in [1.29, 1.82) is 0 Å². The van der Waals surface area contributed by atoms with Crippen molar-refractivity contribution >= 4 is 21.6 Å². The number of thiophene rings is 1. The summed E-state index contributed by atoms with van der Waals surface area (Å²) < 4.78 is 4.11. The second kappa shape index (κ2) is 5.56. The van der Waals surface area contributed by atoms with Crippen molar-refractivity contribution in [3.8, 4) is 0 Å². The summed E-state index contributed by atoms with van der Waals surface area (Å²) in [5, 5.41) is 0. The number of likely N-dealkylation sites (N-methyl/N-ethyl adjacent to an activating group) is 1. The van der Waals surface area contributed by atoms with Crippen LogP contribution in [0.3, 0.4) is 0 Å². The molecule has 0 amide bonds. The van der Waals surface area contributed by atoms with Gasteiger partial charge in [-0.25, -0.2) is 0 Å². The Morgan fingerprint density at radius 2 is 2.00 bits per heavy atom. The topological polar surface area (TPSA) is 8.17 Å². The fourth-order valence-corrected chi connectivity index (χ4v) is 4.66. The maximum Gasteiger partial charge on any atom is 0.0598 e. The zero-order valence-corrected chi connectivity index (χ0v) is 14.1. The van der Waals surface area contributed by atoms with E-state index in [0.29, 0.717) is 0 Å². The van der Waals surface area contributed by atoms with Gasteiger partial charge in [-0.3, -0.25) is 0 Å². The molecule has 0 saturated carbocycles. The zero-order valence-electron chi connectivity index (χ0n) is 13.3. The van der Waals surface area contributed by atoms with E-state index in [-0.39, 0.29) is 0 Å². The maximum atomic E-state index is 2.59. The molecule has 0 bridgehead atoms. The monoisotopic (exact) mass is 310 g/mol. The highest BCUT2D eigenvalue weighted by molar-refractivity contribution is 7.19. The van der Waals surface area contributed by atoms with Crippen LogP contribution >= 0.6 is 11.3 Å². The fourth-order valence-electron chi connectivity index (χ4n) is 3.59. The first-order chi connectivity index (χ1) is 10.7. The van der Waals surface area contributed by atoms with Crippen molar-refractivity contribution in [1.82, 2.24) is 9.47 Å². The summed E-state index contributed by atoms with van der Waals surface area (Å²) in [6, 6.07) is 13.2. The molecule has 1 aromatic carbocycles. The largest absolute Gasteiger partial charge is 0.343 e. The quantitative estimate of drug-likeness (QED) is 0.702. The van der Waals surface area contributed by atoms with Gasteiger partial charge >= 0.3 is 0 Å². The molecule has 2 nitrogen and oxygen atoms in total. The van der Waals surface area contributed by atoms with Crippen molar-refractivity contribution in [2.24, 2.45) is 0 Å². The second-order valence-electron chi connectivity index (χ2n) is 6.37. The van der Waals surface area contributed by atoms with Crippen LogP contribution in [0, 0.1) is 6.92 Å². The number of nitrogens with zero attached hydrogens (tertiary/aromatic N) is 2. The molecule has 3 heterocycles. The van der Waals surface area contributed by atoms with E-state index < -0.39 is 0 Å². The van der Waals surface area contributed by atoms with Crippen molar-refractivity contribution in [2.75, 3.05) is 13.6 Å². The third-order valence-electron chi connectivity index (χ3n) is 4.70. The number of benzene rings is 1. The molecule has 0 aliphatic carbocycles. The first kappa shape index (κ1) is 14.0. The zero-order chi connectivity index (χ0) is 15.1. The van der Waals surface area contributed by atoms with E-state index in [1.54, 1.807) is 11.3 Å². The molecule has 0 radical (unpaired) electrons. The minimum atomic E-state index is 1.09. The van der Waals surface area contributed by atoms with Gasteiger partial charge in [0.2, 0.25) is 0 Å². The Morgan fingerprint density at radius 3 is 2.82 bits per heavy atom. The van der Waals surface area contributed by atoms with E-state index in [1.165, 1.54) is 33.6 Å². The van der Waals surface area contributed by atoms with Crippen LogP contribution in [0.25, 0.3) is 10.2 Å². The van der Waals surface area contributed by atoms with Crippen molar-refractivity contribution in [3.05, 3.63) is 58.1 Å². The smallest absolute Gasteiger partial charge is 0.0598 e. The normalized spacial score (nSPS) is 15.4. The summed E-state index contributed by atoms with van der Waals surface area (Å²) in [6.07, 6.45) is 2.29. The summed E-state index contributed by atoms with van der Waals surface area (Å²) >= 11 is 1.96. The molecular formula is C19H22N2S. The van der Waals surface area contributed by atoms with Gasteiger partial charge in [0.1, 0.15) is 0 Å². The van der Waals surface area contributed by atoms with E-state index in [1.807, 2.05) is 11.3 Å². The lowest BCUT2D eigenvalue weighted by molar-refractivity contribution is 0.309. The van der Waals surface area contributed by atoms with Crippen LogP contribution < -0.4 is 0 Å². The molecule has 3 aromatic rings. The number of aryl methyl sites for hydroxylation is 3. The van der Waals surface area contributed by atoms with Crippen LogP contribution in [-0.4, -0.2) is 23.1 Å². The third-order valence-corrected chi connectivity index (χ3v) is 5.80. The molecule has 0 unspecified atom stereocenters. The minimum absolute atomic E-state index is 1.09. The lowest BCUT2D eigenvalue weighted by Crippen LogP contribution is -2.27. The molecule has 3 heteroatoms. The number of aromatic nitrogens is 1. The molecule has 0 N–H and O–H groups in total. The SMILES string of the molecule is Cc1cc2c(s1)c1c(n2CCc2ccccc2)CCN(C)C1. The van der Waals surface area contributed by atoms with Gasteiger partial charge in [0.15, 0.2) is 0 Å². The fraction of sp³-hybridized carbons (Fsp3) is 0.368. The summed E-state index contributed by atoms with van der Waals surface area (Å²) in [4.78, 5) is 3.87. The number of hydrogen-bond acceptors (Lipinski definition) is 2. The molecule has 0 saturated heterocycles. The maximum absolute atomic E-state index is 2.59. The van der Waals surface area contributed by atoms with Crippen molar-refractivity contribution < 1.29 is 0 Å². The predicted molar refractivity (Wildman–Crippen MR) is 94.7 cm³/mol. The Balaban J connectivity index is 1.73. The van der Waals surface area contributed by atoms with Gasteiger partial charge in [-0.15, -0.1) is 11.3 Å². The number of rotatable bonds is 3. The Hall–Kier alpha value is -1.58. The van der Waals surface area contributed by atoms with Gasteiger partial charge < -0.3 is 9.47 Å². The van der Waals surface area contributed by atoms with Crippen LogP contribution in [0.1, 0.15) is 21.7 Å². The predicted octanol–water partition coefficient (Wildman–Crippen LogP) is 4.24. The summed E-state index contributed by atoms with van der Waals surface area (Å²) in [6.45, 7) is 5.60. The van der Waals surface area contributed by atoms with Crippen molar-refractivity contribution in [2.45, 2.75) is 32.9 Å². The molecule has 1 aliphatic heterocycles. The standard InChI is InChI=1S/C19H22N2S/c1-14-12-18-19(22-14)16-13-20(2)10-9-17(16)21(18)11-8-15-6-4-3-5-7-15/h3-7,12H,8-11,13H2,1-2H3. The molecule has 22 heavy (non-hydrogen) atoms. The minimum Gasteiger partial charge on any atom is -0.343 e. The van der Waals surface area contributed by atoms with Gasteiger partial charge in [-0.1, -0.05) is 30.3 Å². The summed E-state index contributed by atoms with van der Waals surface area (Å²) in [5.41, 5.74) is 6.04. The van der Waals surface area contributed by atoms with Gasteiger partial charge in [-0.05, 0) is 32.0 Å². The third kappa shape index (κ3) is 2.38. The average molecular weight is 310 g/mol. The van der Waals surface area contributed by atoms with Crippen LogP contribution in [0.4, 0.5) is 0 Å². The first-order valence-corrected chi connectivity index (χ1v) is 8.87. The Kier molecular flexibility index (Phi) is 3.55. The van der Waals surface area contributed by atoms with Crippen LogP contribution in [0.2, 0.25) is 0 Å². The average Bonchev–Trinajstić information content (AvgIpc) is 3.02. The molecule has 4 rings (SSSR count). The Bertz CT molecular complexity index is 798. The van der Waals surface area contributed by atoms with E-state index >= 15 is 0 Å². The molecule has 1 aliphatic rings. The van der Waals surface area contributed by atoms with Crippen LogP contribution in [0.5, 0.6) is 0 Å². The van der Waals surface area contributed by atoms with Crippen LogP contribution in [-0.2, 0) is 25.9 Å². The molecular weight excluding hydrogens is 288 g/mol. The van der Waals surface area contributed by atoms with E-state index in [2.05, 4.69) is 59.8 Å². The molecule has 0 spiro atoms. The lowest BCUT2D eigenvalue weighted by atomic mass is 10.1. The first-order valence-electron chi connectivity index (χ1n) is 8.05. The van der Waals surface area contributed by atoms with E-state index in [4.69, 9.17) is 0 Å². The summed E-state index contributed by atoms with van der Waals surface area (Å²) in [7, 11) is 2.23. The molecule has 2 aromatic heterocycles. The molecule has 0 fully saturated rings. The molecule has 0 atom stereocenters. The van der Waals surface area contributed by atoms with Gasteiger partial charge in [0, 0.05) is 42.2 Å².